The zero-order valence-corrected chi connectivity index (χ0v) is 75.1. The molecule has 12 aromatic carbocycles. The van der Waals surface area contributed by atoms with E-state index >= 15 is 0 Å². The van der Waals surface area contributed by atoms with Crippen molar-refractivity contribution >= 4 is 154 Å². The molecule has 16 heterocycles. The van der Waals surface area contributed by atoms with Crippen molar-refractivity contribution < 1.29 is 0 Å². The first-order chi connectivity index (χ1) is 69.4. The van der Waals surface area contributed by atoms with E-state index in [0.717, 1.165) is 184 Å². The molecule has 0 saturated carbocycles. The Kier molecular flexibility index (Phi) is 14.9. The summed E-state index contributed by atoms with van der Waals surface area (Å²) in [5, 5.41) is 9.44. The van der Waals surface area contributed by atoms with Crippen molar-refractivity contribution in [2.24, 2.45) is 0 Å². The molecule has 16 nitrogen and oxygen atoms in total. The molecular weight excluding hydrogens is 1710 g/mol. The number of pyridine rings is 12. The van der Waals surface area contributed by atoms with Crippen LogP contribution in [-0.4, -0.2) is 77.4 Å². The van der Waals surface area contributed by atoms with Crippen molar-refractivity contribution in [3.8, 4) is 89.0 Å². The molecule has 36 rings (SSSR count). The summed E-state index contributed by atoms with van der Waals surface area (Å²) in [5.41, 5.74) is 64.1. The number of rotatable bonds is 0. The highest BCUT2D eigenvalue weighted by molar-refractivity contribution is 6.21. The number of nitrogens with zero attached hydrogens (tertiary/aromatic N) is 16. The van der Waals surface area contributed by atoms with E-state index < -0.39 is 0 Å². The Morgan fingerprint density at radius 1 is 0.164 bits per heavy atom. The lowest BCUT2D eigenvalue weighted by molar-refractivity contribution is 1.17. The van der Waals surface area contributed by atoms with E-state index in [1.165, 1.54) is 200 Å². The SMILES string of the molecule is c1ccc2c(c1)Cc1c-2ccc2c1-c1ccc3c(c1C2)c1ncccc1n1c2cccnc2nc31.c1ccc2c(c1)Cc1c-2ccc2c1Cc1c-2ccc2c1c1ncccc1n1c3cccnc3nc21.c1ccc2c(c1)Cc1cc3c(cc1-2)Cc1c-3ccc2c1c1ncccc1n1c3cccnc3nc21.c1ccc2c(c1)Cc1ccc3c(c1-2)Cc1c-3ccc2c1c1ncccc1n1c3cccnc3nc21. The summed E-state index contributed by atoms with van der Waals surface area (Å²) in [4.78, 5) is 57.8. The van der Waals surface area contributed by atoms with Gasteiger partial charge in [-0.05, 0) is 363 Å². The first-order valence-electron chi connectivity index (χ1n) is 48.2. The molecule has 16 aromatic heterocycles. The fourth-order valence-electron chi connectivity index (χ4n) is 26.1. The molecule has 0 unspecified atom stereocenters. The second kappa shape index (κ2) is 27.7. The zero-order valence-electron chi connectivity index (χ0n) is 75.1. The van der Waals surface area contributed by atoms with Crippen LogP contribution in [0.4, 0.5) is 0 Å². The monoisotopic (exact) mass is 1780 g/mol. The first kappa shape index (κ1) is 75.1. The molecule has 140 heavy (non-hydrogen) atoms. The number of hydrogen-bond acceptors (Lipinski definition) is 12. The van der Waals surface area contributed by atoms with E-state index in [1.807, 2.05) is 98.1 Å². The normalized spacial score (nSPS) is 13.5. The van der Waals surface area contributed by atoms with Gasteiger partial charge in [-0.2, -0.15) is 0 Å². The van der Waals surface area contributed by atoms with Crippen molar-refractivity contribution in [2.45, 2.75) is 51.4 Å². The van der Waals surface area contributed by atoms with Crippen LogP contribution in [-0.2, 0) is 51.4 Å². The van der Waals surface area contributed by atoms with Crippen LogP contribution in [0.2, 0.25) is 0 Å². The van der Waals surface area contributed by atoms with Crippen molar-refractivity contribution in [3.05, 3.63) is 430 Å². The van der Waals surface area contributed by atoms with Crippen LogP contribution >= 0.6 is 0 Å². The summed E-state index contributed by atoms with van der Waals surface area (Å²) >= 11 is 0. The summed E-state index contributed by atoms with van der Waals surface area (Å²) < 4.78 is 8.87. The van der Waals surface area contributed by atoms with Crippen molar-refractivity contribution in [2.75, 3.05) is 0 Å². The number of benzene rings is 12. The lowest BCUT2D eigenvalue weighted by atomic mass is 9.94. The summed E-state index contributed by atoms with van der Waals surface area (Å²) in [5.74, 6) is 0. The molecule has 0 N–H and O–H groups in total. The minimum absolute atomic E-state index is 0.767. The van der Waals surface area contributed by atoms with Crippen LogP contribution in [0, 0.1) is 0 Å². The van der Waals surface area contributed by atoms with E-state index in [2.05, 4.69) is 280 Å². The lowest BCUT2D eigenvalue weighted by Crippen LogP contribution is -1.96. The van der Waals surface area contributed by atoms with Gasteiger partial charge in [0.2, 0.25) is 0 Å². The summed E-state index contributed by atoms with van der Waals surface area (Å²) in [6, 6.07) is 105. The van der Waals surface area contributed by atoms with E-state index in [4.69, 9.17) is 39.9 Å². The minimum Gasteiger partial charge on any atom is -0.288 e. The Morgan fingerprint density at radius 3 is 0.879 bits per heavy atom. The smallest absolute Gasteiger partial charge is 0.178 e. The largest absolute Gasteiger partial charge is 0.288 e. The van der Waals surface area contributed by atoms with Crippen LogP contribution in [0.5, 0.6) is 0 Å². The van der Waals surface area contributed by atoms with Gasteiger partial charge >= 0.3 is 0 Å². The third kappa shape index (κ3) is 10.1. The van der Waals surface area contributed by atoms with Crippen LogP contribution < -0.4 is 0 Å². The van der Waals surface area contributed by atoms with Gasteiger partial charge in [-0.15, -0.1) is 0 Å². The quantitative estimate of drug-likeness (QED) is 0.132. The molecule has 0 atom stereocenters. The van der Waals surface area contributed by atoms with Gasteiger partial charge in [0.1, 0.15) is 22.6 Å². The number of hydrogen-bond donors (Lipinski definition) is 0. The van der Waals surface area contributed by atoms with Crippen molar-refractivity contribution in [1.82, 2.24) is 77.4 Å². The molecule has 0 fully saturated rings. The number of imidazole rings is 4. The molecule has 8 aliphatic rings. The van der Waals surface area contributed by atoms with Gasteiger partial charge in [-0.25, -0.2) is 39.9 Å². The topological polar surface area (TPSA) is 172 Å². The molecule has 0 saturated heterocycles. The molecule has 0 radical (unpaired) electrons. The second-order valence-electron chi connectivity index (χ2n) is 38.6. The highest BCUT2D eigenvalue weighted by Gasteiger charge is 2.37. The Hall–Kier alpha value is -18.3. The highest BCUT2D eigenvalue weighted by Crippen LogP contribution is 2.56. The zero-order chi connectivity index (χ0) is 90.7. The van der Waals surface area contributed by atoms with Crippen molar-refractivity contribution in [3.63, 3.8) is 0 Å². The Morgan fingerprint density at radius 2 is 0.421 bits per heavy atom. The molecule has 8 aliphatic carbocycles. The number of fused-ring (bicyclic) bond motifs is 63. The molecule has 0 amide bonds. The van der Waals surface area contributed by atoms with Gasteiger partial charge < -0.3 is 0 Å². The van der Waals surface area contributed by atoms with Crippen LogP contribution in [0.25, 0.3) is 243 Å². The Balaban J connectivity index is 0.0000000829. The molecular formula is C124H72N16. The molecule has 16 heteroatoms. The highest BCUT2D eigenvalue weighted by atomic mass is 15.1. The van der Waals surface area contributed by atoms with Gasteiger partial charge in [-0.1, -0.05) is 158 Å². The third-order valence-electron chi connectivity index (χ3n) is 31.8. The predicted octanol–water partition coefficient (Wildman–Crippen LogP) is 26.9. The lowest BCUT2D eigenvalue weighted by Gasteiger charge is -2.12. The number of aromatic nitrogens is 16. The molecule has 28 aromatic rings. The van der Waals surface area contributed by atoms with E-state index in [-0.39, 0.29) is 0 Å². The van der Waals surface area contributed by atoms with Gasteiger partial charge in [-0.3, -0.25) is 37.5 Å². The second-order valence-corrected chi connectivity index (χ2v) is 38.6. The predicted molar refractivity (Wildman–Crippen MR) is 559 cm³/mol. The molecule has 0 aliphatic heterocycles. The van der Waals surface area contributed by atoms with Gasteiger partial charge in [0.25, 0.3) is 0 Å². The Bertz CT molecular complexity index is 10600. The third-order valence-corrected chi connectivity index (χ3v) is 31.8. The first-order valence-corrected chi connectivity index (χ1v) is 48.2. The van der Waals surface area contributed by atoms with Crippen LogP contribution in [0.3, 0.4) is 0 Å². The van der Waals surface area contributed by atoms with Gasteiger partial charge in [0.05, 0.1) is 66.2 Å². The molecule has 648 valence electrons. The van der Waals surface area contributed by atoms with Gasteiger partial charge in [0, 0.05) is 92.7 Å². The maximum atomic E-state index is 4.98. The fraction of sp³-hybridized carbons (Fsp3) is 0.0645. The average Bonchev–Trinajstić information content (AvgIpc) is 1.55. The minimum atomic E-state index is 0.767. The molecule has 0 bridgehead atoms. The summed E-state index contributed by atoms with van der Waals surface area (Å²) in [6.45, 7) is 0. The maximum Gasteiger partial charge on any atom is 0.178 e. The fourth-order valence-corrected chi connectivity index (χ4v) is 26.1. The van der Waals surface area contributed by atoms with E-state index in [1.54, 1.807) is 0 Å². The maximum absolute atomic E-state index is 4.98. The van der Waals surface area contributed by atoms with Crippen LogP contribution in [0.1, 0.15) is 89.0 Å². The van der Waals surface area contributed by atoms with Crippen molar-refractivity contribution in [1.29, 1.82) is 0 Å². The standard InChI is InChI=1S/4C31H18N4/c1-2-6-19-17(5-1)15-23-20(19)10-9-18-16-24-21(27(18)23)11-12-22-28(24)29-25(7-3-13-32-29)35-26-8-4-14-33-30(26)34-31(22)35;1-2-6-19-17(5-1)15-18-9-10-20-21-11-12-22-28(24(21)16-23(20)27(18)19)29-25(7-3-13-32-29)35-26-8-4-14-33-30(26)34-31(22)35;1-2-6-18-17(5-1)15-23-19(18)9-10-20-21-11-12-22-28(25(21)16-24(20)23)29-26(7-3-13-32-29)35-27-8-4-14-33-30(27)34-31(22)35;1-2-6-20-17(5-1)13-18-14-24-19(15-23(18)20)16-25-21(24)9-10-22-28(25)29-26(7-3-11-32-29)35-27-8-4-12-33-30(27)34-31(22)35/h3*1-14H,15-16H2;1-12,14-15H,13,16H2. The summed E-state index contributed by atoms with van der Waals surface area (Å²) in [6.07, 6.45) is 22.6. The average molecular weight is 1790 g/mol. The van der Waals surface area contributed by atoms with E-state index in [0.29, 0.717) is 0 Å². The van der Waals surface area contributed by atoms with Crippen LogP contribution in [0.15, 0.2) is 341 Å². The van der Waals surface area contributed by atoms with E-state index in [9.17, 15) is 0 Å². The summed E-state index contributed by atoms with van der Waals surface area (Å²) in [7, 11) is 0. The van der Waals surface area contributed by atoms with Gasteiger partial charge in [0.15, 0.2) is 22.6 Å². The Labute approximate surface area is 796 Å². The molecule has 0 spiro atoms.